The van der Waals surface area contributed by atoms with Gasteiger partial charge in [0.2, 0.25) is 0 Å². The van der Waals surface area contributed by atoms with Crippen LogP contribution in [-0.4, -0.2) is 22.0 Å². The van der Waals surface area contributed by atoms with Gasteiger partial charge in [-0.15, -0.1) is 0 Å². The quantitative estimate of drug-likeness (QED) is 0.274. The van der Waals surface area contributed by atoms with Crippen molar-refractivity contribution in [1.29, 1.82) is 5.26 Å². The van der Waals surface area contributed by atoms with E-state index in [-0.39, 0.29) is 11.3 Å². The van der Waals surface area contributed by atoms with Gasteiger partial charge in [-0.05, 0) is 49.4 Å². The molecule has 1 amide bonds. The summed E-state index contributed by atoms with van der Waals surface area (Å²) in [5.74, 6) is -0.0546. The fourth-order valence-corrected chi connectivity index (χ4v) is 2.82. The van der Waals surface area contributed by atoms with Gasteiger partial charge in [0.1, 0.15) is 17.4 Å². The molecule has 0 bridgehead atoms. The third-order valence-electron chi connectivity index (χ3n) is 4.21. The number of nitriles is 1. The number of para-hydroxylation sites is 2. The first-order valence-corrected chi connectivity index (χ1v) is 9.10. The van der Waals surface area contributed by atoms with Crippen LogP contribution in [0, 0.1) is 21.4 Å². The highest BCUT2D eigenvalue weighted by molar-refractivity contribution is 6.10. The number of nitrogens with zero attached hydrogens (tertiary/aromatic N) is 3. The minimum absolute atomic E-state index is 0.0203. The molecule has 0 aliphatic rings. The summed E-state index contributed by atoms with van der Waals surface area (Å²) in [6.45, 7) is 2.28. The van der Waals surface area contributed by atoms with E-state index in [0.717, 1.165) is 0 Å². The molecule has 8 nitrogen and oxygen atoms in total. The number of rotatable bonds is 7. The van der Waals surface area contributed by atoms with Crippen molar-refractivity contribution >= 4 is 23.4 Å². The summed E-state index contributed by atoms with van der Waals surface area (Å²) in [7, 11) is 0. The van der Waals surface area contributed by atoms with E-state index in [1.807, 2.05) is 13.0 Å². The van der Waals surface area contributed by atoms with Gasteiger partial charge in [-0.25, -0.2) is 0 Å². The fourth-order valence-electron chi connectivity index (χ4n) is 2.82. The SMILES string of the molecule is CCOc1ccccc1NC(=O)/C(C#N)=C/c1cccn1-c1ccc([N+](=O)[O-])cc1. The van der Waals surface area contributed by atoms with Gasteiger partial charge in [-0.3, -0.25) is 14.9 Å². The van der Waals surface area contributed by atoms with Gasteiger partial charge in [-0.2, -0.15) is 5.26 Å². The minimum Gasteiger partial charge on any atom is -0.492 e. The number of non-ortho nitro benzene ring substituents is 1. The highest BCUT2D eigenvalue weighted by Gasteiger charge is 2.14. The third-order valence-corrected chi connectivity index (χ3v) is 4.21. The van der Waals surface area contributed by atoms with Crippen molar-refractivity contribution < 1.29 is 14.5 Å². The van der Waals surface area contributed by atoms with Crippen LogP contribution in [0.1, 0.15) is 12.6 Å². The Bertz CT molecular complexity index is 1140. The molecule has 0 saturated heterocycles. The van der Waals surface area contributed by atoms with E-state index in [1.54, 1.807) is 59.3 Å². The van der Waals surface area contributed by atoms with Gasteiger partial charge in [0.25, 0.3) is 11.6 Å². The first-order valence-electron chi connectivity index (χ1n) is 9.10. The van der Waals surface area contributed by atoms with E-state index in [9.17, 15) is 20.2 Å². The summed E-state index contributed by atoms with van der Waals surface area (Å²) in [4.78, 5) is 23.0. The number of ether oxygens (including phenoxy) is 1. The zero-order valence-corrected chi connectivity index (χ0v) is 16.1. The lowest BCUT2D eigenvalue weighted by Gasteiger charge is -2.11. The number of nitrogens with one attached hydrogen (secondary N) is 1. The summed E-state index contributed by atoms with van der Waals surface area (Å²) in [5, 5.41) is 23.0. The Morgan fingerprint density at radius 3 is 2.60 bits per heavy atom. The molecular formula is C22H18N4O4. The maximum atomic E-state index is 12.7. The average molecular weight is 402 g/mol. The Balaban J connectivity index is 1.87. The molecule has 0 fully saturated rings. The van der Waals surface area contributed by atoms with Crippen molar-refractivity contribution in [2.75, 3.05) is 11.9 Å². The lowest BCUT2D eigenvalue weighted by atomic mass is 10.2. The Morgan fingerprint density at radius 1 is 1.20 bits per heavy atom. The van der Waals surface area contributed by atoms with Crippen molar-refractivity contribution in [3.8, 4) is 17.5 Å². The largest absolute Gasteiger partial charge is 0.492 e. The topological polar surface area (TPSA) is 110 Å². The molecule has 0 aliphatic carbocycles. The van der Waals surface area contributed by atoms with Gasteiger partial charge in [0.15, 0.2) is 0 Å². The summed E-state index contributed by atoms with van der Waals surface area (Å²) >= 11 is 0. The van der Waals surface area contributed by atoms with Crippen molar-refractivity contribution in [3.05, 3.63) is 88.2 Å². The molecule has 1 aromatic heterocycles. The molecule has 0 spiro atoms. The zero-order valence-electron chi connectivity index (χ0n) is 16.1. The van der Waals surface area contributed by atoms with Crippen molar-refractivity contribution in [1.82, 2.24) is 4.57 Å². The smallest absolute Gasteiger partial charge is 0.269 e. The van der Waals surface area contributed by atoms with Crippen LogP contribution < -0.4 is 10.1 Å². The normalized spacial score (nSPS) is 10.9. The fraction of sp³-hybridized carbons (Fsp3) is 0.0909. The minimum atomic E-state index is -0.568. The van der Waals surface area contributed by atoms with Crippen LogP contribution in [0.5, 0.6) is 5.75 Å². The number of nitro groups is 1. The van der Waals surface area contributed by atoms with E-state index in [1.165, 1.54) is 18.2 Å². The number of hydrogen-bond donors (Lipinski definition) is 1. The van der Waals surface area contributed by atoms with Crippen molar-refractivity contribution in [2.24, 2.45) is 0 Å². The number of amides is 1. The maximum absolute atomic E-state index is 12.7. The van der Waals surface area contributed by atoms with Gasteiger partial charge < -0.3 is 14.6 Å². The monoisotopic (exact) mass is 402 g/mol. The lowest BCUT2D eigenvalue weighted by molar-refractivity contribution is -0.384. The molecule has 0 saturated carbocycles. The highest BCUT2D eigenvalue weighted by atomic mass is 16.6. The summed E-state index contributed by atoms with van der Waals surface area (Å²) < 4.78 is 7.22. The predicted octanol–water partition coefficient (Wildman–Crippen LogP) is 4.33. The molecular weight excluding hydrogens is 384 g/mol. The molecule has 8 heteroatoms. The van der Waals surface area contributed by atoms with Gasteiger partial charge in [0.05, 0.1) is 17.2 Å². The lowest BCUT2D eigenvalue weighted by Crippen LogP contribution is -2.14. The van der Waals surface area contributed by atoms with Crippen molar-refractivity contribution in [2.45, 2.75) is 6.92 Å². The van der Waals surface area contributed by atoms with Crippen LogP contribution in [0.2, 0.25) is 0 Å². The molecule has 1 heterocycles. The van der Waals surface area contributed by atoms with Crippen molar-refractivity contribution in [3.63, 3.8) is 0 Å². The molecule has 2 aromatic carbocycles. The predicted molar refractivity (Wildman–Crippen MR) is 112 cm³/mol. The maximum Gasteiger partial charge on any atom is 0.269 e. The second-order valence-corrected chi connectivity index (χ2v) is 6.13. The molecule has 3 rings (SSSR count). The van der Waals surface area contributed by atoms with E-state index < -0.39 is 10.8 Å². The molecule has 150 valence electrons. The highest BCUT2D eigenvalue weighted by Crippen LogP contribution is 2.25. The van der Waals surface area contributed by atoms with Crippen LogP contribution >= 0.6 is 0 Å². The number of nitro benzene ring substituents is 1. The Morgan fingerprint density at radius 2 is 1.93 bits per heavy atom. The second-order valence-electron chi connectivity index (χ2n) is 6.13. The van der Waals surface area contributed by atoms with Crippen LogP contribution in [0.15, 0.2) is 72.4 Å². The molecule has 3 aromatic rings. The molecule has 0 unspecified atom stereocenters. The summed E-state index contributed by atoms with van der Waals surface area (Å²) in [6, 6.07) is 18.4. The van der Waals surface area contributed by atoms with Gasteiger partial charge >= 0.3 is 0 Å². The molecule has 0 atom stereocenters. The summed E-state index contributed by atoms with van der Waals surface area (Å²) in [6.07, 6.45) is 3.20. The third kappa shape index (κ3) is 4.54. The summed E-state index contributed by atoms with van der Waals surface area (Å²) in [5.41, 5.74) is 1.59. The first-order chi connectivity index (χ1) is 14.5. The Kier molecular flexibility index (Phi) is 6.25. The number of anilines is 1. The Labute approximate surface area is 172 Å². The first kappa shape index (κ1) is 20.4. The van der Waals surface area contributed by atoms with E-state index in [4.69, 9.17) is 4.74 Å². The number of benzene rings is 2. The molecule has 1 N–H and O–H groups in total. The van der Waals surface area contributed by atoms with Gasteiger partial charge in [0, 0.05) is 29.7 Å². The van der Waals surface area contributed by atoms with Crippen LogP contribution in [0.3, 0.4) is 0 Å². The number of aromatic nitrogens is 1. The Hall–Kier alpha value is -4.38. The van der Waals surface area contributed by atoms with Crippen LogP contribution in [0.4, 0.5) is 11.4 Å². The number of carbonyl (C=O) groups is 1. The zero-order chi connectivity index (χ0) is 21.5. The molecule has 0 aliphatic heterocycles. The number of hydrogen-bond acceptors (Lipinski definition) is 5. The average Bonchev–Trinajstić information content (AvgIpc) is 3.21. The van der Waals surface area contributed by atoms with Crippen LogP contribution in [-0.2, 0) is 4.79 Å². The standard InChI is InChI=1S/C22H18N4O4/c1-2-30-21-8-4-3-7-20(21)24-22(27)16(15-23)14-19-6-5-13-25(19)17-9-11-18(12-10-17)26(28)29/h3-14H,2H2,1H3,(H,24,27)/b16-14+. The van der Waals surface area contributed by atoms with E-state index >= 15 is 0 Å². The molecule has 30 heavy (non-hydrogen) atoms. The van der Waals surface area contributed by atoms with Gasteiger partial charge in [-0.1, -0.05) is 12.1 Å². The van der Waals surface area contributed by atoms with Crippen LogP contribution in [0.25, 0.3) is 11.8 Å². The van der Waals surface area contributed by atoms with E-state index in [0.29, 0.717) is 29.4 Å². The second kappa shape index (κ2) is 9.21. The molecule has 0 radical (unpaired) electrons. The number of carbonyl (C=O) groups excluding carboxylic acids is 1. The van der Waals surface area contributed by atoms with E-state index in [2.05, 4.69) is 5.32 Å².